The summed E-state index contributed by atoms with van der Waals surface area (Å²) in [7, 11) is 0. The number of hydrogen-bond donors (Lipinski definition) is 1. The Morgan fingerprint density at radius 2 is 1.56 bits per heavy atom. The zero-order valence-electron chi connectivity index (χ0n) is 20.2. The molecule has 1 N–H and O–H groups in total. The van der Waals surface area contributed by atoms with E-state index in [1.165, 1.54) is 0 Å². The van der Waals surface area contributed by atoms with E-state index in [4.69, 9.17) is 4.74 Å². The molecule has 4 rings (SSSR count). The molecule has 0 fully saturated rings. The topological polar surface area (TPSA) is 58.6 Å². The molecule has 0 bridgehead atoms. The first-order valence-electron chi connectivity index (χ1n) is 12.0. The highest BCUT2D eigenvalue weighted by Crippen LogP contribution is 2.25. The number of nitrogens with zero attached hydrogens (tertiary/aromatic N) is 1. The fourth-order valence-corrected chi connectivity index (χ4v) is 4.44. The summed E-state index contributed by atoms with van der Waals surface area (Å²) >= 11 is 3.46. The third-order valence-electron chi connectivity index (χ3n) is 5.99. The largest absolute Gasteiger partial charge is 0.483 e. The summed E-state index contributed by atoms with van der Waals surface area (Å²) in [5, 5.41) is 4.89. The summed E-state index contributed by atoms with van der Waals surface area (Å²) in [6.07, 6.45) is 0.406. The van der Waals surface area contributed by atoms with Crippen molar-refractivity contribution >= 4 is 38.5 Å². The van der Waals surface area contributed by atoms with Crippen molar-refractivity contribution in [2.24, 2.45) is 0 Å². The summed E-state index contributed by atoms with van der Waals surface area (Å²) in [5.74, 6) is 0.206. The first-order chi connectivity index (χ1) is 17.5. The minimum absolute atomic E-state index is 0.171. The predicted octanol–water partition coefficient (Wildman–Crippen LogP) is 5.76. The molecule has 2 amide bonds. The van der Waals surface area contributed by atoms with Gasteiger partial charge in [0.05, 0.1) is 0 Å². The fraction of sp³-hybridized carbons (Fsp3) is 0.200. The van der Waals surface area contributed by atoms with Crippen LogP contribution in [0.15, 0.2) is 102 Å². The van der Waals surface area contributed by atoms with Crippen molar-refractivity contribution in [3.8, 4) is 5.75 Å². The van der Waals surface area contributed by atoms with Gasteiger partial charge < -0.3 is 15.0 Å². The molecule has 0 aliphatic carbocycles. The Morgan fingerprint density at radius 1 is 0.861 bits per heavy atom. The van der Waals surface area contributed by atoms with Crippen LogP contribution >= 0.6 is 15.9 Å². The van der Waals surface area contributed by atoms with E-state index in [2.05, 4.69) is 21.2 Å². The second-order valence-electron chi connectivity index (χ2n) is 8.51. The van der Waals surface area contributed by atoms with E-state index in [1.54, 1.807) is 4.90 Å². The minimum atomic E-state index is -0.681. The van der Waals surface area contributed by atoms with Crippen LogP contribution in [0.5, 0.6) is 5.75 Å². The highest BCUT2D eigenvalue weighted by molar-refractivity contribution is 9.10. The van der Waals surface area contributed by atoms with Crippen LogP contribution in [0.1, 0.15) is 18.1 Å². The smallest absolute Gasteiger partial charge is 0.261 e. The molecule has 0 saturated heterocycles. The lowest BCUT2D eigenvalue weighted by molar-refractivity contribution is -0.142. The van der Waals surface area contributed by atoms with Gasteiger partial charge in [0.1, 0.15) is 11.8 Å². The van der Waals surface area contributed by atoms with Crippen molar-refractivity contribution in [3.05, 3.63) is 113 Å². The van der Waals surface area contributed by atoms with Crippen LogP contribution in [0, 0.1) is 0 Å². The molecule has 4 aromatic rings. The maximum Gasteiger partial charge on any atom is 0.261 e. The molecule has 0 aliphatic heterocycles. The number of likely N-dealkylation sites (N-methyl/N-ethyl adjacent to an activating group) is 1. The molecule has 0 aromatic heterocycles. The SMILES string of the molecule is CCNC(=O)[C@@H](Cc1ccccc1)N(Cc1ccc(Br)cc1)C(=O)COc1cccc2ccccc12. The number of rotatable bonds is 10. The first-order valence-corrected chi connectivity index (χ1v) is 12.8. The molecule has 0 unspecified atom stereocenters. The van der Waals surface area contributed by atoms with Crippen molar-refractivity contribution in [1.82, 2.24) is 10.2 Å². The molecule has 36 heavy (non-hydrogen) atoms. The van der Waals surface area contributed by atoms with Gasteiger partial charge in [0.25, 0.3) is 5.91 Å². The number of hydrogen-bond acceptors (Lipinski definition) is 3. The van der Waals surface area contributed by atoms with Gasteiger partial charge >= 0.3 is 0 Å². The van der Waals surface area contributed by atoms with Gasteiger partial charge in [0.2, 0.25) is 5.91 Å². The molecule has 0 spiro atoms. The average molecular weight is 545 g/mol. The third-order valence-corrected chi connectivity index (χ3v) is 6.52. The van der Waals surface area contributed by atoms with Gasteiger partial charge in [0.15, 0.2) is 6.61 Å². The van der Waals surface area contributed by atoms with Gasteiger partial charge in [0, 0.05) is 29.4 Å². The monoisotopic (exact) mass is 544 g/mol. The van der Waals surface area contributed by atoms with E-state index in [0.717, 1.165) is 26.4 Å². The number of carbonyl (C=O) groups excluding carboxylic acids is 2. The summed E-state index contributed by atoms with van der Waals surface area (Å²) < 4.78 is 6.98. The second kappa shape index (κ2) is 12.4. The average Bonchev–Trinajstić information content (AvgIpc) is 2.91. The van der Waals surface area contributed by atoms with Crippen molar-refractivity contribution in [2.45, 2.75) is 25.9 Å². The number of carbonyl (C=O) groups is 2. The lowest BCUT2D eigenvalue weighted by Crippen LogP contribution is -2.51. The van der Waals surface area contributed by atoms with E-state index < -0.39 is 6.04 Å². The lowest BCUT2D eigenvalue weighted by Gasteiger charge is -2.31. The highest BCUT2D eigenvalue weighted by Gasteiger charge is 2.30. The number of ether oxygens (including phenoxy) is 1. The molecule has 0 radical (unpaired) electrons. The Labute approximate surface area is 220 Å². The van der Waals surface area contributed by atoms with Gasteiger partial charge in [-0.25, -0.2) is 0 Å². The molecular weight excluding hydrogens is 516 g/mol. The van der Waals surface area contributed by atoms with Gasteiger partial charge in [-0.1, -0.05) is 94.8 Å². The fourth-order valence-electron chi connectivity index (χ4n) is 4.18. The molecule has 0 heterocycles. The normalized spacial score (nSPS) is 11.6. The van der Waals surface area contributed by atoms with Crippen LogP contribution in [-0.4, -0.2) is 35.9 Å². The first kappa shape index (κ1) is 25.5. The van der Waals surface area contributed by atoms with Crippen LogP contribution < -0.4 is 10.1 Å². The number of benzene rings is 4. The zero-order chi connectivity index (χ0) is 25.3. The molecule has 0 saturated carbocycles. The van der Waals surface area contributed by atoms with Crippen LogP contribution in [0.3, 0.4) is 0 Å². The Hall–Kier alpha value is -3.64. The number of halogens is 1. The standard InChI is InChI=1S/C30H29BrN2O3/c1-2-32-30(35)27(19-22-9-4-3-5-10-22)33(20-23-15-17-25(31)18-16-23)29(34)21-36-28-14-8-12-24-11-6-7-13-26(24)28/h3-18,27H,2,19-21H2,1H3,(H,32,35)/t27-/m1/s1. The third kappa shape index (κ3) is 6.52. The van der Waals surface area contributed by atoms with Crippen molar-refractivity contribution in [2.75, 3.05) is 13.2 Å². The molecule has 1 atom stereocenters. The summed E-state index contributed by atoms with van der Waals surface area (Å²) in [5.41, 5.74) is 1.91. The van der Waals surface area contributed by atoms with E-state index in [1.807, 2.05) is 104 Å². The summed E-state index contributed by atoms with van der Waals surface area (Å²) in [6, 6.07) is 30.5. The lowest BCUT2D eigenvalue weighted by atomic mass is 10.0. The van der Waals surface area contributed by atoms with E-state index in [-0.39, 0.29) is 18.4 Å². The van der Waals surface area contributed by atoms with Crippen molar-refractivity contribution in [1.29, 1.82) is 0 Å². The summed E-state index contributed by atoms with van der Waals surface area (Å²) in [4.78, 5) is 28.5. The molecule has 0 aliphatic rings. The van der Waals surface area contributed by atoms with Crippen LogP contribution in [-0.2, 0) is 22.6 Å². The Balaban J connectivity index is 1.62. The Bertz CT molecular complexity index is 1300. The minimum Gasteiger partial charge on any atom is -0.483 e. The van der Waals surface area contributed by atoms with Crippen LogP contribution in [0.4, 0.5) is 0 Å². The molecule has 4 aromatic carbocycles. The van der Waals surface area contributed by atoms with E-state index in [0.29, 0.717) is 25.3 Å². The second-order valence-corrected chi connectivity index (χ2v) is 9.43. The van der Waals surface area contributed by atoms with Gasteiger partial charge in [-0.15, -0.1) is 0 Å². The van der Waals surface area contributed by atoms with Crippen molar-refractivity contribution < 1.29 is 14.3 Å². The maximum atomic E-state index is 13.7. The zero-order valence-corrected chi connectivity index (χ0v) is 21.8. The number of fused-ring (bicyclic) bond motifs is 1. The van der Waals surface area contributed by atoms with Crippen LogP contribution in [0.2, 0.25) is 0 Å². The van der Waals surface area contributed by atoms with Gasteiger partial charge in [-0.2, -0.15) is 0 Å². The summed E-state index contributed by atoms with van der Waals surface area (Å²) in [6.45, 7) is 2.48. The molecule has 5 nitrogen and oxygen atoms in total. The quantitative estimate of drug-likeness (QED) is 0.276. The van der Waals surface area contributed by atoms with Gasteiger partial charge in [-0.3, -0.25) is 9.59 Å². The maximum absolute atomic E-state index is 13.7. The van der Waals surface area contributed by atoms with Crippen molar-refractivity contribution in [3.63, 3.8) is 0 Å². The van der Waals surface area contributed by atoms with Gasteiger partial charge in [-0.05, 0) is 41.6 Å². The molecule has 6 heteroatoms. The molecule has 184 valence electrons. The highest BCUT2D eigenvalue weighted by atomic mass is 79.9. The number of nitrogens with one attached hydrogen (secondary N) is 1. The predicted molar refractivity (Wildman–Crippen MR) is 147 cm³/mol. The molecular formula is C30H29BrN2O3. The Kier molecular flexibility index (Phi) is 8.74. The van der Waals surface area contributed by atoms with Crippen LogP contribution in [0.25, 0.3) is 10.8 Å². The number of amides is 2. The van der Waals surface area contributed by atoms with E-state index in [9.17, 15) is 9.59 Å². The Morgan fingerprint density at radius 3 is 2.31 bits per heavy atom. The van der Waals surface area contributed by atoms with E-state index >= 15 is 0 Å².